The van der Waals surface area contributed by atoms with E-state index in [9.17, 15) is 23.3 Å². The molecule has 0 atom stereocenters. The van der Waals surface area contributed by atoms with Crippen molar-refractivity contribution in [3.63, 3.8) is 0 Å². The summed E-state index contributed by atoms with van der Waals surface area (Å²) >= 11 is 1.21. The van der Waals surface area contributed by atoms with E-state index in [1.165, 1.54) is 47.9 Å². The number of amides is 1. The number of carbonyl (C=O) groups is 1. The number of nitro groups is 1. The average molecular weight is 477 g/mol. The molecule has 0 radical (unpaired) electrons. The van der Waals surface area contributed by atoms with Crippen LogP contribution in [-0.4, -0.2) is 35.1 Å². The number of hydrogen-bond acceptors (Lipinski definition) is 7. The number of carboxylic acid groups (broad SMARTS) is 1. The van der Waals surface area contributed by atoms with Gasteiger partial charge in [0.2, 0.25) is 10.0 Å². The molecular weight excluding hydrogens is 456 g/mol. The molecule has 1 aromatic heterocycles. The Kier molecular flexibility index (Phi) is 6.30. The van der Waals surface area contributed by atoms with E-state index in [2.05, 4.69) is 15.0 Å². The Hall–Kier alpha value is -3.35. The number of nitrogens with one attached hydrogen (secondary N) is 2. The minimum Gasteiger partial charge on any atom is -0.465 e. The fourth-order valence-corrected chi connectivity index (χ4v) is 5.56. The van der Waals surface area contributed by atoms with E-state index in [4.69, 9.17) is 5.11 Å². The molecule has 1 amide bonds. The monoisotopic (exact) mass is 476 g/mol. The van der Waals surface area contributed by atoms with Gasteiger partial charge in [-0.15, -0.1) is 11.3 Å². The van der Waals surface area contributed by atoms with Crippen LogP contribution in [0.1, 0.15) is 20.8 Å². The minimum atomic E-state index is -4.00. The zero-order chi connectivity index (χ0) is 23.7. The topological polar surface area (TPSA) is 152 Å². The average Bonchev–Trinajstić information content (AvgIpc) is 3.16. The fraction of sp³-hybridized carbons (Fsp3) is 0.200. The number of rotatable bonds is 6. The summed E-state index contributed by atoms with van der Waals surface area (Å²) in [6.07, 6.45) is 0.195. The fourth-order valence-electron chi connectivity index (χ4n) is 2.87. The second-order valence-corrected chi connectivity index (χ2v) is 10.5. The highest BCUT2D eigenvalue weighted by atomic mass is 32.2. The van der Waals surface area contributed by atoms with E-state index in [1.807, 2.05) is 0 Å². The van der Waals surface area contributed by atoms with E-state index in [1.54, 1.807) is 32.9 Å². The smallest absolute Gasteiger partial charge is 0.409 e. The maximum Gasteiger partial charge on any atom is 0.409 e. The van der Waals surface area contributed by atoms with Crippen molar-refractivity contribution in [3.05, 3.63) is 58.8 Å². The molecule has 3 N–H and O–H groups in total. The van der Waals surface area contributed by atoms with Gasteiger partial charge in [0, 0.05) is 40.7 Å². The van der Waals surface area contributed by atoms with Crippen LogP contribution in [0.5, 0.6) is 0 Å². The summed E-state index contributed by atoms with van der Waals surface area (Å²) < 4.78 is 28.8. The first kappa shape index (κ1) is 23.3. The van der Waals surface area contributed by atoms with E-state index in [0.717, 1.165) is 0 Å². The number of aromatic nitrogens is 1. The lowest BCUT2D eigenvalue weighted by Crippen LogP contribution is -2.40. The van der Waals surface area contributed by atoms with Gasteiger partial charge in [-0.1, -0.05) is 6.07 Å². The quantitative estimate of drug-likeness (QED) is 0.348. The van der Waals surface area contributed by atoms with Gasteiger partial charge in [0.25, 0.3) is 5.69 Å². The summed E-state index contributed by atoms with van der Waals surface area (Å²) in [4.78, 5) is 26.1. The summed E-state index contributed by atoms with van der Waals surface area (Å²) in [6, 6.07) is 10.1. The predicted octanol–water partition coefficient (Wildman–Crippen LogP) is 4.55. The van der Waals surface area contributed by atoms with Gasteiger partial charge in [-0.25, -0.2) is 22.9 Å². The van der Waals surface area contributed by atoms with E-state index in [0.29, 0.717) is 21.0 Å². The molecule has 12 heteroatoms. The number of non-ortho nitro benzene ring substituents is 1. The number of anilines is 1. The van der Waals surface area contributed by atoms with Crippen molar-refractivity contribution in [1.29, 1.82) is 0 Å². The van der Waals surface area contributed by atoms with Crippen LogP contribution in [0.25, 0.3) is 21.0 Å². The Morgan fingerprint density at radius 3 is 2.38 bits per heavy atom. The van der Waals surface area contributed by atoms with Crippen molar-refractivity contribution in [2.24, 2.45) is 0 Å². The third-order valence-corrected chi connectivity index (χ3v) is 6.94. The second kappa shape index (κ2) is 8.65. The number of benzene rings is 2. The molecule has 0 aliphatic heterocycles. The Bertz CT molecular complexity index is 1280. The highest BCUT2D eigenvalue weighted by Gasteiger charge is 2.26. The summed E-state index contributed by atoms with van der Waals surface area (Å²) in [6.45, 7) is 5.09. The maximum atomic E-state index is 13.1. The van der Waals surface area contributed by atoms with Crippen LogP contribution in [0.15, 0.2) is 53.6 Å². The van der Waals surface area contributed by atoms with Crippen LogP contribution in [0.2, 0.25) is 0 Å². The summed E-state index contributed by atoms with van der Waals surface area (Å²) in [5.74, 6) is 0. The second-order valence-electron chi connectivity index (χ2n) is 7.83. The van der Waals surface area contributed by atoms with Gasteiger partial charge in [-0.3, -0.25) is 15.4 Å². The molecule has 0 aliphatic rings. The first-order valence-corrected chi connectivity index (χ1v) is 11.5. The number of sulfonamides is 1. The number of nitrogens with zero attached hydrogens (tertiary/aromatic N) is 2. The Labute approximate surface area is 188 Å². The van der Waals surface area contributed by atoms with Crippen LogP contribution >= 0.6 is 11.3 Å². The lowest BCUT2D eigenvalue weighted by molar-refractivity contribution is -0.384. The molecule has 3 aromatic rings. The molecule has 168 valence electrons. The van der Waals surface area contributed by atoms with Crippen molar-refractivity contribution < 1.29 is 23.2 Å². The summed E-state index contributed by atoms with van der Waals surface area (Å²) in [7, 11) is -4.00. The maximum absolute atomic E-state index is 13.1. The number of hydrogen-bond donors (Lipinski definition) is 3. The van der Waals surface area contributed by atoms with Gasteiger partial charge < -0.3 is 5.11 Å². The highest BCUT2D eigenvalue weighted by molar-refractivity contribution is 7.89. The van der Waals surface area contributed by atoms with E-state index >= 15 is 0 Å². The normalized spacial score (nSPS) is 11.8. The number of nitro benzene ring substituents is 1. The van der Waals surface area contributed by atoms with E-state index < -0.39 is 26.6 Å². The van der Waals surface area contributed by atoms with Gasteiger partial charge in [-0.2, -0.15) is 0 Å². The van der Waals surface area contributed by atoms with Crippen LogP contribution in [0.4, 0.5) is 16.2 Å². The largest absolute Gasteiger partial charge is 0.465 e. The van der Waals surface area contributed by atoms with Gasteiger partial charge in [0.05, 0.1) is 14.7 Å². The molecule has 0 aliphatic carbocycles. The molecule has 1 heterocycles. The molecule has 10 nitrogen and oxygen atoms in total. The van der Waals surface area contributed by atoms with Crippen molar-refractivity contribution in [1.82, 2.24) is 9.71 Å². The molecule has 0 fully saturated rings. The summed E-state index contributed by atoms with van der Waals surface area (Å²) in [5.41, 5.74) is 0.296. The van der Waals surface area contributed by atoms with Gasteiger partial charge in [0.1, 0.15) is 5.01 Å². The zero-order valence-electron chi connectivity index (χ0n) is 17.3. The van der Waals surface area contributed by atoms with E-state index in [-0.39, 0.29) is 16.3 Å². The lowest BCUT2D eigenvalue weighted by Gasteiger charge is -2.21. The molecule has 3 rings (SSSR count). The van der Waals surface area contributed by atoms with Gasteiger partial charge >= 0.3 is 6.09 Å². The van der Waals surface area contributed by atoms with Gasteiger partial charge in [0.15, 0.2) is 0 Å². The standard InChI is InChI=1S/C20H20N4O6S2/c1-20(2,3)23-32(29,30)17-10-13(22-19(25)26)6-9-15(17)16-11-21-18(31-16)12-4-7-14(8-5-12)24(27)28/h4-11,22-23H,1-3H3,(H,25,26). The van der Waals surface area contributed by atoms with Crippen LogP contribution in [0.3, 0.4) is 0 Å². The van der Waals surface area contributed by atoms with Crippen molar-refractivity contribution in [2.45, 2.75) is 31.2 Å². The Balaban J connectivity index is 2.07. The first-order chi connectivity index (χ1) is 14.9. The lowest BCUT2D eigenvalue weighted by atomic mass is 10.1. The molecular formula is C20H20N4O6S2. The summed E-state index contributed by atoms with van der Waals surface area (Å²) in [5, 5.41) is 22.6. The number of thiazole rings is 1. The molecule has 0 saturated carbocycles. The van der Waals surface area contributed by atoms with Crippen LogP contribution in [0, 0.1) is 10.1 Å². The molecule has 0 unspecified atom stereocenters. The third kappa shape index (κ3) is 5.46. The van der Waals surface area contributed by atoms with Crippen molar-refractivity contribution >= 4 is 38.8 Å². The minimum absolute atomic E-state index is 0.0475. The zero-order valence-corrected chi connectivity index (χ0v) is 19.0. The SMILES string of the molecule is CC(C)(C)NS(=O)(=O)c1cc(NC(=O)O)ccc1-c1cnc(-c2ccc([N+](=O)[O-])cc2)s1. The molecule has 32 heavy (non-hydrogen) atoms. The molecule has 2 aromatic carbocycles. The Morgan fingerprint density at radius 2 is 1.81 bits per heavy atom. The van der Waals surface area contributed by atoms with Gasteiger partial charge in [-0.05, 0) is 45.0 Å². The van der Waals surface area contributed by atoms with Crippen molar-refractivity contribution in [3.8, 4) is 21.0 Å². The van der Waals surface area contributed by atoms with Crippen LogP contribution in [-0.2, 0) is 10.0 Å². The predicted molar refractivity (Wildman–Crippen MR) is 121 cm³/mol. The van der Waals surface area contributed by atoms with Crippen molar-refractivity contribution in [2.75, 3.05) is 5.32 Å². The molecule has 0 saturated heterocycles. The molecule has 0 spiro atoms. The highest BCUT2D eigenvalue weighted by Crippen LogP contribution is 2.37. The molecule has 0 bridgehead atoms. The first-order valence-electron chi connectivity index (χ1n) is 9.25. The Morgan fingerprint density at radius 1 is 1.16 bits per heavy atom. The van der Waals surface area contributed by atoms with Crippen LogP contribution < -0.4 is 10.0 Å². The third-order valence-electron chi connectivity index (χ3n) is 4.06.